The molecule has 0 fully saturated rings. The largest absolute Gasteiger partial charge is 0.329 e. The quantitative estimate of drug-likeness (QED) is 0.836. The molecule has 0 radical (unpaired) electrons. The number of aryl methyl sites for hydroxylation is 1. The third-order valence-electron chi connectivity index (χ3n) is 2.03. The first kappa shape index (κ1) is 11.9. The molecule has 0 bridgehead atoms. The van der Waals surface area contributed by atoms with Gasteiger partial charge in [0.05, 0.1) is 4.88 Å². The van der Waals surface area contributed by atoms with E-state index in [0.717, 1.165) is 5.56 Å². The van der Waals surface area contributed by atoms with Crippen LogP contribution in [0.25, 0.3) is 0 Å². The molecule has 82 valence electrons. The molecule has 0 aliphatic rings. The van der Waals surface area contributed by atoms with Gasteiger partial charge < -0.3 is 5.73 Å². The van der Waals surface area contributed by atoms with Gasteiger partial charge in [-0.3, -0.25) is 14.5 Å². The molecule has 0 aromatic carbocycles. The molecule has 0 aliphatic heterocycles. The smallest absolute Gasteiger partial charge is 0.270 e. The lowest BCUT2D eigenvalue weighted by Gasteiger charge is -2.17. The first-order valence-electron chi connectivity index (χ1n) is 4.64. The van der Waals surface area contributed by atoms with Crippen molar-refractivity contribution in [2.75, 3.05) is 13.1 Å². The molecular formula is C10H14N2O2S. The average Bonchev–Trinajstić information content (AvgIpc) is 2.59. The summed E-state index contributed by atoms with van der Waals surface area (Å²) in [5, 5.41) is 1.84. The van der Waals surface area contributed by atoms with Crippen molar-refractivity contribution in [2.45, 2.75) is 13.8 Å². The number of thiophene rings is 1. The summed E-state index contributed by atoms with van der Waals surface area (Å²) in [4.78, 5) is 24.9. The van der Waals surface area contributed by atoms with Crippen LogP contribution in [-0.4, -0.2) is 29.8 Å². The second-order valence-electron chi connectivity index (χ2n) is 3.20. The predicted octanol–water partition coefficient (Wildman–Crippen LogP) is 1.00. The maximum Gasteiger partial charge on any atom is 0.270 e. The topological polar surface area (TPSA) is 63.4 Å². The van der Waals surface area contributed by atoms with Gasteiger partial charge in [0.15, 0.2) is 0 Å². The van der Waals surface area contributed by atoms with E-state index in [2.05, 4.69) is 0 Å². The summed E-state index contributed by atoms with van der Waals surface area (Å²) >= 11 is 1.34. The van der Waals surface area contributed by atoms with Gasteiger partial charge in [-0.05, 0) is 23.9 Å². The second-order valence-corrected chi connectivity index (χ2v) is 4.11. The molecule has 1 aromatic heterocycles. The van der Waals surface area contributed by atoms with Gasteiger partial charge in [-0.15, -0.1) is 11.3 Å². The summed E-state index contributed by atoms with van der Waals surface area (Å²) in [6.07, 6.45) is 0. The van der Waals surface area contributed by atoms with Crippen molar-refractivity contribution in [2.24, 2.45) is 5.73 Å². The molecule has 0 saturated heterocycles. The minimum Gasteiger partial charge on any atom is -0.329 e. The lowest BCUT2D eigenvalue weighted by atomic mass is 10.2. The van der Waals surface area contributed by atoms with Gasteiger partial charge in [-0.25, -0.2) is 0 Å². The van der Waals surface area contributed by atoms with Crippen molar-refractivity contribution in [3.05, 3.63) is 21.9 Å². The lowest BCUT2D eigenvalue weighted by molar-refractivity contribution is -0.126. The Morgan fingerprint density at radius 3 is 2.60 bits per heavy atom. The van der Waals surface area contributed by atoms with E-state index in [-0.39, 0.29) is 24.9 Å². The van der Waals surface area contributed by atoms with Gasteiger partial charge in [0, 0.05) is 20.0 Å². The minimum absolute atomic E-state index is 0.250. The molecule has 1 aromatic rings. The van der Waals surface area contributed by atoms with Crippen molar-refractivity contribution in [1.82, 2.24) is 4.90 Å². The number of hydrogen-bond acceptors (Lipinski definition) is 4. The molecular weight excluding hydrogens is 212 g/mol. The van der Waals surface area contributed by atoms with Gasteiger partial charge >= 0.3 is 0 Å². The van der Waals surface area contributed by atoms with Gasteiger partial charge in [0.1, 0.15) is 0 Å². The van der Waals surface area contributed by atoms with Crippen LogP contribution in [0.1, 0.15) is 22.2 Å². The average molecular weight is 226 g/mol. The van der Waals surface area contributed by atoms with Crippen molar-refractivity contribution < 1.29 is 9.59 Å². The summed E-state index contributed by atoms with van der Waals surface area (Å²) in [5.74, 6) is -0.515. The molecule has 2 amide bonds. The highest BCUT2D eigenvalue weighted by molar-refractivity contribution is 7.12. The molecule has 0 atom stereocenters. The fourth-order valence-electron chi connectivity index (χ4n) is 1.25. The van der Waals surface area contributed by atoms with E-state index in [4.69, 9.17) is 5.73 Å². The highest BCUT2D eigenvalue weighted by Crippen LogP contribution is 2.17. The fraction of sp³-hybridized carbons (Fsp3) is 0.400. The van der Waals surface area contributed by atoms with E-state index in [1.165, 1.54) is 23.2 Å². The van der Waals surface area contributed by atoms with Crippen molar-refractivity contribution in [3.63, 3.8) is 0 Å². The fourth-order valence-corrected chi connectivity index (χ4v) is 2.12. The van der Waals surface area contributed by atoms with Crippen molar-refractivity contribution in [1.29, 1.82) is 0 Å². The van der Waals surface area contributed by atoms with Crippen LogP contribution in [0, 0.1) is 6.92 Å². The van der Waals surface area contributed by atoms with Gasteiger partial charge in [-0.2, -0.15) is 0 Å². The van der Waals surface area contributed by atoms with E-state index >= 15 is 0 Å². The van der Waals surface area contributed by atoms with Crippen LogP contribution in [0.15, 0.2) is 11.4 Å². The Morgan fingerprint density at radius 2 is 2.20 bits per heavy atom. The first-order valence-corrected chi connectivity index (χ1v) is 5.52. The number of nitrogens with zero attached hydrogens (tertiary/aromatic N) is 1. The highest BCUT2D eigenvalue weighted by Gasteiger charge is 2.21. The van der Waals surface area contributed by atoms with Crippen molar-refractivity contribution in [3.8, 4) is 0 Å². The standard InChI is InChI=1S/C10H14N2O2S/c1-7-3-6-15-9(7)10(14)12(5-4-11)8(2)13/h3,6H,4-5,11H2,1-2H3. The summed E-state index contributed by atoms with van der Waals surface area (Å²) in [7, 11) is 0. The molecule has 4 nitrogen and oxygen atoms in total. The Balaban J connectivity index is 2.91. The van der Waals surface area contributed by atoms with E-state index in [1.807, 2.05) is 18.4 Å². The molecule has 0 spiro atoms. The van der Waals surface area contributed by atoms with Crippen LogP contribution >= 0.6 is 11.3 Å². The normalized spacial score (nSPS) is 10.1. The molecule has 1 rings (SSSR count). The molecule has 2 N–H and O–H groups in total. The molecule has 5 heteroatoms. The zero-order chi connectivity index (χ0) is 11.4. The molecule has 0 unspecified atom stereocenters. The van der Waals surface area contributed by atoms with E-state index in [1.54, 1.807) is 0 Å². The third kappa shape index (κ3) is 2.64. The maximum absolute atomic E-state index is 11.9. The Bertz CT molecular complexity index is 373. The lowest BCUT2D eigenvalue weighted by Crippen LogP contribution is -2.38. The van der Waals surface area contributed by atoms with Crippen molar-refractivity contribution >= 4 is 23.2 Å². The predicted molar refractivity (Wildman–Crippen MR) is 59.8 cm³/mol. The van der Waals surface area contributed by atoms with Crippen LogP contribution in [-0.2, 0) is 4.79 Å². The zero-order valence-electron chi connectivity index (χ0n) is 8.82. The highest BCUT2D eigenvalue weighted by atomic mass is 32.1. The monoisotopic (exact) mass is 226 g/mol. The number of carbonyl (C=O) groups excluding carboxylic acids is 2. The second kappa shape index (κ2) is 5.04. The Labute approximate surface area is 92.7 Å². The summed E-state index contributed by atoms with van der Waals surface area (Å²) < 4.78 is 0. The van der Waals surface area contributed by atoms with Crippen LogP contribution in [0.2, 0.25) is 0 Å². The number of carbonyl (C=O) groups is 2. The molecule has 15 heavy (non-hydrogen) atoms. The maximum atomic E-state index is 11.9. The third-order valence-corrected chi connectivity index (χ3v) is 3.04. The first-order chi connectivity index (χ1) is 7.07. The van der Waals surface area contributed by atoms with Gasteiger partial charge in [0.25, 0.3) is 5.91 Å². The number of imide groups is 1. The Hall–Kier alpha value is -1.20. The van der Waals surface area contributed by atoms with Crippen LogP contribution in [0.3, 0.4) is 0 Å². The minimum atomic E-state index is -0.266. The van der Waals surface area contributed by atoms with Crippen LogP contribution < -0.4 is 5.73 Å². The SMILES string of the molecule is CC(=O)N(CCN)C(=O)c1sccc1C. The van der Waals surface area contributed by atoms with Crippen LogP contribution in [0.5, 0.6) is 0 Å². The Kier molecular flexibility index (Phi) is 3.99. The summed E-state index contributed by atoms with van der Waals surface area (Å²) in [5.41, 5.74) is 6.25. The van der Waals surface area contributed by atoms with E-state index in [9.17, 15) is 9.59 Å². The van der Waals surface area contributed by atoms with Gasteiger partial charge in [0.2, 0.25) is 5.91 Å². The summed E-state index contributed by atoms with van der Waals surface area (Å²) in [6, 6.07) is 1.86. The zero-order valence-corrected chi connectivity index (χ0v) is 9.63. The molecule has 0 saturated carbocycles. The molecule has 0 aliphatic carbocycles. The summed E-state index contributed by atoms with van der Waals surface area (Å²) in [6.45, 7) is 3.78. The van der Waals surface area contributed by atoms with Crippen LogP contribution in [0.4, 0.5) is 0 Å². The van der Waals surface area contributed by atoms with E-state index in [0.29, 0.717) is 4.88 Å². The number of amides is 2. The van der Waals surface area contributed by atoms with Gasteiger partial charge in [-0.1, -0.05) is 0 Å². The van der Waals surface area contributed by atoms with E-state index < -0.39 is 0 Å². The number of hydrogen-bond donors (Lipinski definition) is 1. The Morgan fingerprint density at radius 1 is 1.53 bits per heavy atom. The molecule has 1 heterocycles. The number of rotatable bonds is 3. The number of nitrogens with two attached hydrogens (primary N) is 1.